The Hall–Kier alpha value is -2.77. The number of hydrogen-bond acceptors (Lipinski definition) is 4. The topological polar surface area (TPSA) is 101 Å². The number of hydrogen-bond donors (Lipinski definition) is 3. The summed E-state index contributed by atoms with van der Waals surface area (Å²) in [4.78, 5) is 23.8. The monoisotopic (exact) mass is 333 g/mol. The van der Waals surface area contributed by atoms with Gasteiger partial charge in [-0.3, -0.25) is 10.1 Å². The van der Waals surface area contributed by atoms with Gasteiger partial charge in [-0.1, -0.05) is 0 Å². The molecule has 2 aromatic heterocycles. The van der Waals surface area contributed by atoms with Crippen LogP contribution in [0.25, 0.3) is 0 Å². The number of nitrogens with one attached hydrogen (secondary N) is 3. The minimum absolute atomic E-state index is 0.138. The minimum atomic E-state index is -0.696. The zero-order valence-electron chi connectivity index (χ0n) is 14.3. The van der Waals surface area contributed by atoms with Gasteiger partial charge in [0.1, 0.15) is 23.9 Å². The van der Waals surface area contributed by atoms with Crippen LogP contribution in [0.1, 0.15) is 25.4 Å². The average molecular weight is 333 g/mol. The van der Waals surface area contributed by atoms with Gasteiger partial charge in [-0.15, -0.1) is 0 Å². The van der Waals surface area contributed by atoms with Crippen LogP contribution in [0.5, 0.6) is 0 Å². The molecule has 0 aliphatic rings. The molecule has 8 heteroatoms. The number of nitrogens with zero attached hydrogens (tertiary/aromatic N) is 2. The summed E-state index contributed by atoms with van der Waals surface area (Å²) in [5.41, 5.74) is -0.696. The quantitative estimate of drug-likeness (QED) is 0.749. The van der Waals surface area contributed by atoms with Crippen molar-refractivity contribution in [3.05, 3.63) is 35.9 Å². The third-order valence-corrected chi connectivity index (χ3v) is 3.59. The van der Waals surface area contributed by atoms with Crippen molar-refractivity contribution in [1.82, 2.24) is 20.4 Å². The average Bonchev–Trinajstić information content (AvgIpc) is 3.14. The molecule has 3 amide bonds. The van der Waals surface area contributed by atoms with E-state index in [2.05, 4.69) is 21.0 Å². The molecular formula is C16H23N5O3. The van der Waals surface area contributed by atoms with Gasteiger partial charge >= 0.3 is 6.03 Å². The number of urea groups is 1. The van der Waals surface area contributed by atoms with E-state index >= 15 is 0 Å². The molecule has 3 N–H and O–H groups in total. The molecule has 0 atom stereocenters. The lowest BCUT2D eigenvalue weighted by atomic mass is 9.92. The predicted molar refractivity (Wildman–Crippen MR) is 89.6 cm³/mol. The molecule has 2 aromatic rings. The molecule has 130 valence electrons. The van der Waals surface area contributed by atoms with Crippen LogP contribution in [0, 0.1) is 12.3 Å². The van der Waals surface area contributed by atoms with E-state index in [9.17, 15) is 9.59 Å². The molecule has 2 heterocycles. The van der Waals surface area contributed by atoms with Crippen molar-refractivity contribution >= 4 is 17.8 Å². The Morgan fingerprint density at radius 2 is 2.04 bits per heavy atom. The van der Waals surface area contributed by atoms with Gasteiger partial charge in [0.2, 0.25) is 5.91 Å². The van der Waals surface area contributed by atoms with Gasteiger partial charge in [0.25, 0.3) is 0 Å². The Labute approximate surface area is 140 Å². The number of amides is 3. The SMILES string of the molecule is CNC(=O)C(C)(C)CNC(=O)Nc1ccnn1Cc1ccc(C)o1. The Kier molecular flexibility index (Phi) is 5.28. The maximum absolute atomic E-state index is 12.1. The number of furan rings is 1. The second-order valence-electron chi connectivity index (χ2n) is 6.16. The van der Waals surface area contributed by atoms with Gasteiger partial charge in [0.05, 0.1) is 11.6 Å². The van der Waals surface area contributed by atoms with Gasteiger partial charge in [-0.2, -0.15) is 5.10 Å². The molecule has 0 radical (unpaired) electrons. The van der Waals surface area contributed by atoms with Crippen LogP contribution >= 0.6 is 0 Å². The van der Waals surface area contributed by atoms with Crippen LogP contribution in [-0.2, 0) is 11.3 Å². The lowest BCUT2D eigenvalue weighted by Crippen LogP contribution is -2.44. The predicted octanol–water partition coefficient (Wildman–Crippen LogP) is 1.73. The second kappa shape index (κ2) is 7.20. The Balaban J connectivity index is 1.93. The maximum atomic E-state index is 12.1. The lowest BCUT2D eigenvalue weighted by Gasteiger charge is -2.22. The molecule has 0 unspecified atom stereocenters. The maximum Gasteiger partial charge on any atom is 0.320 e. The van der Waals surface area contributed by atoms with Crippen LogP contribution in [0.3, 0.4) is 0 Å². The minimum Gasteiger partial charge on any atom is -0.464 e. The molecule has 0 aliphatic heterocycles. The molecule has 0 fully saturated rings. The second-order valence-corrected chi connectivity index (χ2v) is 6.16. The lowest BCUT2D eigenvalue weighted by molar-refractivity contribution is -0.128. The van der Waals surface area contributed by atoms with E-state index in [1.165, 1.54) is 0 Å². The summed E-state index contributed by atoms with van der Waals surface area (Å²) in [7, 11) is 1.57. The van der Waals surface area contributed by atoms with E-state index in [1.807, 2.05) is 19.1 Å². The summed E-state index contributed by atoms with van der Waals surface area (Å²) in [6, 6.07) is 5.04. The molecule has 0 saturated heterocycles. The molecule has 0 aromatic carbocycles. The van der Waals surface area contributed by atoms with Crippen molar-refractivity contribution in [2.45, 2.75) is 27.3 Å². The number of rotatable bonds is 6. The van der Waals surface area contributed by atoms with E-state index in [4.69, 9.17) is 4.42 Å². The first-order valence-corrected chi connectivity index (χ1v) is 7.66. The zero-order valence-corrected chi connectivity index (χ0v) is 14.3. The normalized spacial score (nSPS) is 11.2. The summed E-state index contributed by atoms with van der Waals surface area (Å²) in [6.45, 7) is 6.02. The standard InChI is InChI=1S/C16H23N5O3/c1-11-5-6-12(24-11)9-21-13(7-8-19-21)20-15(23)18-10-16(2,3)14(22)17-4/h5-8H,9-10H2,1-4H3,(H,17,22)(H2,18,20,23). The fourth-order valence-corrected chi connectivity index (χ4v) is 2.16. The first-order chi connectivity index (χ1) is 11.3. The van der Waals surface area contributed by atoms with Crippen LogP contribution in [-0.4, -0.2) is 35.3 Å². The molecule has 0 saturated carbocycles. The van der Waals surface area contributed by atoms with Crippen LogP contribution < -0.4 is 16.0 Å². The molecular weight excluding hydrogens is 310 g/mol. The molecule has 0 bridgehead atoms. The summed E-state index contributed by atoms with van der Waals surface area (Å²) >= 11 is 0. The van der Waals surface area contributed by atoms with E-state index in [0.29, 0.717) is 12.4 Å². The van der Waals surface area contributed by atoms with Crippen molar-refractivity contribution < 1.29 is 14.0 Å². The summed E-state index contributed by atoms with van der Waals surface area (Å²) in [5.74, 6) is 1.97. The molecule has 0 spiro atoms. The summed E-state index contributed by atoms with van der Waals surface area (Å²) in [5, 5.41) is 12.2. The third kappa shape index (κ3) is 4.37. The molecule has 24 heavy (non-hydrogen) atoms. The van der Waals surface area contributed by atoms with Crippen LogP contribution in [0.15, 0.2) is 28.8 Å². The number of anilines is 1. The van der Waals surface area contributed by atoms with Crippen molar-refractivity contribution in [3.8, 4) is 0 Å². The van der Waals surface area contributed by atoms with Gasteiger partial charge in [0.15, 0.2) is 0 Å². The highest BCUT2D eigenvalue weighted by Crippen LogP contribution is 2.14. The number of carbonyl (C=O) groups excluding carboxylic acids is 2. The van der Waals surface area contributed by atoms with Crippen molar-refractivity contribution in [2.24, 2.45) is 5.41 Å². The van der Waals surface area contributed by atoms with Gasteiger partial charge in [-0.25, -0.2) is 9.48 Å². The first-order valence-electron chi connectivity index (χ1n) is 7.66. The van der Waals surface area contributed by atoms with E-state index in [0.717, 1.165) is 11.5 Å². The Morgan fingerprint density at radius 1 is 1.29 bits per heavy atom. The fraction of sp³-hybridized carbons (Fsp3) is 0.438. The number of aryl methyl sites for hydroxylation is 1. The molecule has 0 aliphatic carbocycles. The summed E-state index contributed by atoms with van der Waals surface area (Å²) in [6.07, 6.45) is 1.60. The van der Waals surface area contributed by atoms with Gasteiger partial charge < -0.3 is 15.1 Å². The van der Waals surface area contributed by atoms with E-state index in [1.54, 1.807) is 37.8 Å². The summed E-state index contributed by atoms with van der Waals surface area (Å²) < 4.78 is 7.14. The van der Waals surface area contributed by atoms with Crippen molar-refractivity contribution in [3.63, 3.8) is 0 Å². The number of aromatic nitrogens is 2. The highest BCUT2D eigenvalue weighted by atomic mass is 16.3. The van der Waals surface area contributed by atoms with E-state index in [-0.39, 0.29) is 12.5 Å². The molecule has 2 rings (SSSR count). The van der Waals surface area contributed by atoms with Gasteiger partial charge in [0, 0.05) is 19.7 Å². The van der Waals surface area contributed by atoms with Crippen molar-refractivity contribution in [2.75, 3.05) is 18.9 Å². The largest absolute Gasteiger partial charge is 0.464 e. The van der Waals surface area contributed by atoms with Crippen LogP contribution in [0.4, 0.5) is 10.6 Å². The highest BCUT2D eigenvalue weighted by molar-refractivity contribution is 5.89. The van der Waals surface area contributed by atoms with Gasteiger partial charge in [-0.05, 0) is 32.9 Å². The first kappa shape index (κ1) is 17.6. The van der Waals surface area contributed by atoms with Crippen LogP contribution in [0.2, 0.25) is 0 Å². The highest BCUT2D eigenvalue weighted by Gasteiger charge is 2.27. The van der Waals surface area contributed by atoms with Crippen molar-refractivity contribution in [1.29, 1.82) is 0 Å². The van der Waals surface area contributed by atoms with E-state index < -0.39 is 11.4 Å². The fourth-order valence-electron chi connectivity index (χ4n) is 2.16. The zero-order chi connectivity index (χ0) is 17.7. The molecule has 8 nitrogen and oxygen atoms in total. The Bertz CT molecular complexity index is 717. The third-order valence-electron chi connectivity index (χ3n) is 3.59. The Morgan fingerprint density at radius 3 is 2.67 bits per heavy atom. The number of carbonyl (C=O) groups is 2. The smallest absolute Gasteiger partial charge is 0.320 e.